The highest BCUT2D eigenvalue weighted by atomic mass is 32.2. The summed E-state index contributed by atoms with van der Waals surface area (Å²) >= 11 is 1.30. The van der Waals surface area contributed by atoms with E-state index in [1.54, 1.807) is 11.6 Å². The summed E-state index contributed by atoms with van der Waals surface area (Å²) in [5, 5.41) is 16.9. The van der Waals surface area contributed by atoms with Gasteiger partial charge in [-0.25, -0.2) is 0 Å². The number of amides is 1. The molecule has 1 rings (SSSR count). The maximum atomic E-state index is 11.8. The molecule has 0 bridgehead atoms. The van der Waals surface area contributed by atoms with Gasteiger partial charge in [-0.3, -0.25) is 9.36 Å². The molecule has 0 atom stereocenters. The Balaban J connectivity index is 2.58. The van der Waals surface area contributed by atoms with Crippen LogP contribution in [0, 0.1) is 11.3 Å². The molecule has 0 radical (unpaired) electrons. The molecule has 0 aliphatic rings. The Morgan fingerprint density at radius 1 is 1.58 bits per heavy atom. The Morgan fingerprint density at radius 3 is 2.84 bits per heavy atom. The Bertz CT molecular complexity index is 478. The number of aromatic nitrogens is 3. The van der Waals surface area contributed by atoms with E-state index in [1.807, 2.05) is 19.9 Å². The van der Waals surface area contributed by atoms with E-state index in [0.717, 1.165) is 0 Å². The van der Waals surface area contributed by atoms with Crippen molar-refractivity contribution < 1.29 is 4.79 Å². The summed E-state index contributed by atoms with van der Waals surface area (Å²) in [7, 11) is 1.68. The fraction of sp³-hybridized carbons (Fsp3) is 0.636. The zero-order valence-electron chi connectivity index (χ0n) is 11.3. The van der Waals surface area contributed by atoms with Gasteiger partial charge in [0.2, 0.25) is 11.9 Å². The summed E-state index contributed by atoms with van der Waals surface area (Å²) in [6.45, 7) is 4.39. The van der Waals surface area contributed by atoms with Gasteiger partial charge in [-0.1, -0.05) is 11.8 Å². The first-order valence-electron chi connectivity index (χ1n) is 5.91. The van der Waals surface area contributed by atoms with Crippen molar-refractivity contribution in [3.05, 3.63) is 0 Å². The molecular weight excluding hydrogens is 264 g/mol. The van der Waals surface area contributed by atoms with Crippen LogP contribution in [0.4, 0.5) is 5.95 Å². The first kappa shape index (κ1) is 15.3. The molecular formula is C11H18N6OS. The SMILES string of the molecule is CC(C)n1c(N)nnc1SCC(=O)N(C)CCC#N. The second-order valence-electron chi connectivity index (χ2n) is 4.32. The van der Waals surface area contributed by atoms with Gasteiger partial charge >= 0.3 is 0 Å². The summed E-state index contributed by atoms with van der Waals surface area (Å²) in [5.41, 5.74) is 5.72. The van der Waals surface area contributed by atoms with Gasteiger partial charge < -0.3 is 10.6 Å². The van der Waals surface area contributed by atoms with Gasteiger partial charge in [0, 0.05) is 19.6 Å². The lowest BCUT2D eigenvalue weighted by atomic mass is 10.4. The van der Waals surface area contributed by atoms with E-state index in [-0.39, 0.29) is 17.7 Å². The van der Waals surface area contributed by atoms with Gasteiger partial charge in [0.05, 0.1) is 18.2 Å². The Labute approximate surface area is 116 Å². The van der Waals surface area contributed by atoms with E-state index in [1.165, 1.54) is 16.7 Å². The topological polar surface area (TPSA) is 101 Å². The lowest BCUT2D eigenvalue weighted by Gasteiger charge is -2.15. The number of nitrogens with zero attached hydrogens (tertiary/aromatic N) is 5. The highest BCUT2D eigenvalue weighted by Crippen LogP contribution is 2.22. The number of carbonyl (C=O) groups excluding carboxylic acids is 1. The lowest BCUT2D eigenvalue weighted by molar-refractivity contribution is -0.127. The smallest absolute Gasteiger partial charge is 0.232 e. The summed E-state index contributed by atoms with van der Waals surface area (Å²) in [5.74, 6) is 0.562. The fourth-order valence-electron chi connectivity index (χ4n) is 1.45. The average Bonchev–Trinajstić information content (AvgIpc) is 2.74. The van der Waals surface area contributed by atoms with Gasteiger partial charge in [-0.2, -0.15) is 5.26 Å². The highest BCUT2D eigenvalue weighted by molar-refractivity contribution is 7.99. The quantitative estimate of drug-likeness (QED) is 0.778. The zero-order valence-corrected chi connectivity index (χ0v) is 12.1. The van der Waals surface area contributed by atoms with E-state index in [0.29, 0.717) is 24.1 Å². The third-order valence-electron chi connectivity index (χ3n) is 2.52. The van der Waals surface area contributed by atoms with Crippen molar-refractivity contribution in [2.45, 2.75) is 31.5 Å². The largest absolute Gasteiger partial charge is 0.368 e. The highest BCUT2D eigenvalue weighted by Gasteiger charge is 2.15. The molecule has 0 saturated carbocycles. The van der Waals surface area contributed by atoms with Crippen LogP contribution in [-0.2, 0) is 4.79 Å². The average molecular weight is 282 g/mol. The van der Waals surface area contributed by atoms with Crippen molar-refractivity contribution in [2.75, 3.05) is 25.1 Å². The van der Waals surface area contributed by atoms with Crippen molar-refractivity contribution in [3.63, 3.8) is 0 Å². The van der Waals surface area contributed by atoms with Gasteiger partial charge in [0.1, 0.15) is 0 Å². The fourth-order valence-corrected chi connectivity index (χ4v) is 2.47. The van der Waals surface area contributed by atoms with E-state index >= 15 is 0 Å². The summed E-state index contributed by atoms with van der Waals surface area (Å²) in [6, 6.07) is 2.15. The molecule has 0 fully saturated rings. The van der Waals surface area contributed by atoms with E-state index in [9.17, 15) is 4.79 Å². The van der Waals surface area contributed by atoms with E-state index in [4.69, 9.17) is 11.0 Å². The van der Waals surface area contributed by atoms with Crippen LogP contribution in [0.5, 0.6) is 0 Å². The zero-order chi connectivity index (χ0) is 14.4. The van der Waals surface area contributed by atoms with Crippen LogP contribution in [0.1, 0.15) is 26.3 Å². The van der Waals surface area contributed by atoms with Crippen molar-refractivity contribution in [1.82, 2.24) is 19.7 Å². The normalized spacial score (nSPS) is 10.5. The molecule has 7 nitrogen and oxygen atoms in total. The van der Waals surface area contributed by atoms with Crippen LogP contribution in [-0.4, -0.2) is 44.9 Å². The number of thioether (sulfide) groups is 1. The van der Waals surface area contributed by atoms with Gasteiger partial charge in [-0.05, 0) is 13.8 Å². The van der Waals surface area contributed by atoms with Crippen LogP contribution in [0.2, 0.25) is 0 Å². The summed E-state index contributed by atoms with van der Waals surface area (Å²) < 4.78 is 1.78. The van der Waals surface area contributed by atoms with E-state index in [2.05, 4.69) is 10.2 Å². The minimum Gasteiger partial charge on any atom is -0.368 e. The first-order chi connectivity index (χ1) is 8.97. The molecule has 0 unspecified atom stereocenters. The summed E-state index contributed by atoms with van der Waals surface area (Å²) in [4.78, 5) is 13.4. The lowest BCUT2D eigenvalue weighted by Crippen LogP contribution is -2.29. The molecule has 0 aromatic carbocycles. The number of nitrogen functional groups attached to an aromatic ring is 1. The Kier molecular flexibility index (Phi) is 5.63. The molecule has 1 aromatic heterocycles. The van der Waals surface area contributed by atoms with E-state index < -0.39 is 0 Å². The second-order valence-corrected chi connectivity index (χ2v) is 5.26. The molecule has 1 aromatic rings. The molecule has 104 valence electrons. The van der Waals surface area contributed by atoms with Gasteiger partial charge in [0.25, 0.3) is 0 Å². The molecule has 0 aliphatic heterocycles. The Morgan fingerprint density at radius 2 is 2.26 bits per heavy atom. The molecule has 19 heavy (non-hydrogen) atoms. The van der Waals surface area contributed by atoms with Crippen molar-refractivity contribution in [1.29, 1.82) is 5.26 Å². The molecule has 2 N–H and O–H groups in total. The van der Waals surface area contributed by atoms with Crippen LogP contribution >= 0.6 is 11.8 Å². The number of hydrogen-bond donors (Lipinski definition) is 1. The van der Waals surface area contributed by atoms with Crippen LogP contribution in [0.25, 0.3) is 0 Å². The second kappa shape index (κ2) is 6.99. The number of carbonyl (C=O) groups is 1. The molecule has 8 heteroatoms. The summed E-state index contributed by atoms with van der Waals surface area (Å²) in [6.07, 6.45) is 0.335. The number of rotatable bonds is 6. The number of hydrogen-bond acceptors (Lipinski definition) is 6. The molecule has 0 spiro atoms. The minimum absolute atomic E-state index is 0.0443. The van der Waals surface area contributed by atoms with Crippen molar-refractivity contribution in [2.24, 2.45) is 0 Å². The number of anilines is 1. The molecule has 1 heterocycles. The first-order valence-corrected chi connectivity index (χ1v) is 6.90. The minimum atomic E-state index is -0.0443. The van der Waals surface area contributed by atoms with Crippen molar-refractivity contribution >= 4 is 23.6 Å². The van der Waals surface area contributed by atoms with Crippen LogP contribution in [0.15, 0.2) is 5.16 Å². The third-order valence-corrected chi connectivity index (χ3v) is 3.44. The Hall–Kier alpha value is -1.75. The number of nitriles is 1. The third kappa shape index (κ3) is 4.13. The molecule has 0 saturated heterocycles. The predicted molar refractivity (Wildman–Crippen MR) is 73.4 cm³/mol. The molecule has 1 amide bonds. The van der Waals surface area contributed by atoms with Crippen molar-refractivity contribution in [3.8, 4) is 6.07 Å². The van der Waals surface area contributed by atoms with Crippen LogP contribution in [0.3, 0.4) is 0 Å². The van der Waals surface area contributed by atoms with Gasteiger partial charge in [-0.15, -0.1) is 10.2 Å². The monoisotopic (exact) mass is 282 g/mol. The molecule has 0 aliphatic carbocycles. The van der Waals surface area contributed by atoms with Crippen LogP contribution < -0.4 is 5.73 Å². The standard InChI is InChI=1S/C11H18N6OS/c1-8(2)17-10(13)14-15-11(17)19-7-9(18)16(3)6-4-5-12/h8H,4,6-7H2,1-3H3,(H2,13,14). The maximum Gasteiger partial charge on any atom is 0.232 e. The predicted octanol–water partition coefficient (Wildman–Crippen LogP) is 0.905. The van der Waals surface area contributed by atoms with Gasteiger partial charge in [0.15, 0.2) is 5.16 Å². The number of nitrogens with two attached hydrogens (primary N) is 1. The maximum absolute atomic E-state index is 11.8.